The standard InChI is InChI=1S/C12H11FN2/c1-8-7-12(15-9(2)14-8)10-5-3-4-6-11(10)13/h3-7H,1-2H3. The maximum Gasteiger partial charge on any atom is 0.132 e. The van der Waals surface area contributed by atoms with Crippen molar-refractivity contribution in [3.63, 3.8) is 0 Å². The van der Waals surface area contributed by atoms with Crippen LogP contribution in [-0.2, 0) is 0 Å². The largest absolute Gasteiger partial charge is 0.239 e. The minimum absolute atomic E-state index is 0.255. The molecular weight excluding hydrogens is 191 g/mol. The third-order valence-corrected chi connectivity index (χ3v) is 2.12. The van der Waals surface area contributed by atoms with Gasteiger partial charge in [0.2, 0.25) is 0 Å². The first-order chi connectivity index (χ1) is 7.16. The number of benzene rings is 1. The molecule has 0 fully saturated rings. The Morgan fingerprint density at radius 1 is 1.07 bits per heavy atom. The van der Waals surface area contributed by atoms with Crippen LogP contribution < -0.4 is 0 Å². The fraction of sp³-hybridized carbons (Fsp3) is 0.167. The van der Waals surface area contributed by atoms with Gasteiger partial charge in [-0.1, -0.05) is 12.1 Å². The molecule has 0 saturated carbocycles. The number of aryl methyl sites for hydroxylation is 2. The summed E-state index contributed by atoms with van der Waals surface area (Å²) in [6.07, 6.45) is 0. The molecule has 0 unspecified atom stereocenters. The molecule has 0 aliphatic rings. The first-order valence-corrected chi connectivity index (χ1v) is 4.74. The molecule has 0 radical (unpaired) electrons. The zero-order valence-electron chi connectivity index (χ0n) is 8.66. The summed E-state index contributed by atoms with van der Waals surface area (Å²) < 4.78 is 13.5. The van der Waals surface area contributed by atoms with Crippen LogP contribution >= 0.6 is 0 Å². The predicted molar refractivity (Wildman–Crippen MR) is 56.9 cm³/mol. The Morgan fingerprint density at radius 3 is 2.47 bits per heavy atom. The molecule has 0 atom stereocenters. The first-order valence-electron chi connectivity index (χ1n) is 4.74. The van der Waals surface area contributed by atoms with E-state index >= 15 is 0 Å². The normalized spacial score (nSPS) is 10.3. The van der Waals surface area contributed by atoms with Crippen molar-refractivity contribution < 1.29 is 4.39 Å². The molecule has 2 nitrogen and oxygen atoms in total. The van der Waals surface area contributed by atoms with Gasteiger partial charge in [-0.25, -0.2) is 14.4 Å². The third-order valence-electron chi connectivity index (χ3n) is 2.12. The molecule has 1 aromatic carbocycles. The van der Waals surface area contributed by atoms with E-state index in [2.05, 4.69) is 9.97 Å². The zero-order chi connectivity index (χ0) is 10.8. The van der Waals surface area contributed by atoms with Gasteiger partial charge in [0.15, 0.2) is 0 Å². The molecule has 1 heterocycles. The van der Waals surface area contributed by atoms with E-state index < -0.39 is 0 Å². The Kier molecular flexibility index (Phi) is 2.46. The second-order valence-electron chi connectivity index (χ2n) is 3.42. The van der Waals surface area contributed by atoms with Crippen molar-refractivity contribution in [2.24, 2.45) is 0 Å². The highest BCUT2D eigenvalue weighted by atomic mass is 19.1. The average molecular weight is 202 g/mol. The summed E-state index contributed by atoms with van der Waals surface area (Å²) in [4.78, 5) is 8.37. The number of hydrogen-bond acceptors (Lipinski definition) is 2. The topological polar surface area (TPSA) is 25.8 Å². The third kappa shape index (κ3) is 2.01. The first kappa shape index (κ1) is 9.77. The van der Waals surface area contributed by atoms with Crippen LogP contribution in [0.5, 0.6) is 0 Å². The number of rotatable bonds is 1. The van der Waals surface area contributed by atoms with E-state index in [1.54, 1.807) is 31.2 Å². The molecule has 2 aromatic rings. The van der Waals surface area contributed by atoms with Crippen LogP contribution in [0.15, 0.2) is 30.3 Å². The van der Waals surface area contributed by atoms with Gasteiger partial charge in [-0.15, -0.1) is 0 Å². The highest BCUT2D eigenvalue weighted by Gasteiger charge is 2.06. The highest BCUT2D eigenvalue weighted by molar-refractivity contribution is 5.59. The molecule has 0 aliphatic carbocycles. The van der Waals surface area contributed by atoms with Crippen molar-refractivity contribution in [1.29, 1.82) is 0 Å². The van der Waals surface area contributed by atoms with Crippen LogP contribution in [-0.4, -0.2) is 9.97 Å². The van der Waals surface area contributed by atoms with Gasteiger partial charge in [0.1, 0.15) is 11.6 Å². The molecular formula is C12H11FN2. The van der Waals surface area contributed by atoms with Crippen molar-refractivity contribution in [3.8, 4) is 11.3 Å². The Hall–Kier alpha value is -1.77. The van der Waals surface area contributed by atoms with Crippen LogP contribution in [0.2, 0.25) is 0 Å². The molecule has 0 aliphatic heterocycles. The summed E-state index contributed by atoms with van der Waals surface area (Å²) >= 11 is 0. The minimum atomic E-state index is -0.255. The van der Waals surface area contributed by atoms with Crippen molar-refractivity contribution in [3.05, 3.63) is 47.7 Å². The van der Waals surface area contributed by atoms with Crippen LogP contribution in [0.1, 0.15) is 11.5 Å². The van der Waals surface area contributed by atoms with Gasteiger partial charge in [-0.05, 0) is 32.0 Å². The molecule has 0 spiro atoms. The van der Waals surface area contributed by atoms with Crippen molar-refractivity contribution in [2.45, 2.75) is 13.8 Å². The fourth-order valence-corrected chi connectivity index (χ4v) is 1.52. The fourth-order valence-electron chi connectivity index (χ4n) is 1.52. The van der Waals surface area contributed by atoms with Crippen molar-refractivity contribution >= 4 is 0 Å². The molecule has 1 aromatic heterocycles. The summed E-state index contributed by atoms with van der Waals surface area (Å²) in [6.45, 7) is 3.68. The second-order valence-corrected chi connectivity index (χ2v) is 3.42. The minimum Gasteiger partial charge on any atom is -0.239 e. The Morgan fingerprint density at radius 2 is 1.80 bits per heavy atom. The van der Waals surface area contributed by atoms with Crippen LogP contribution in [0, 0.1) is 19.7 Å². The summed E-state index contributed by atoms with van der Waals surface area (Å²) in [5.41, 5.74) is 2.00. The smallest absolute Gasteiger partial charge is 0.132 e. The second kappa shape index (κ2) is 3.77. The SMILES string of the molecule is Cc1cc(-c2ccccc2F)nc(C)n1. The molecule has 2 rings (SSSR count). The summed E-state index contributed by atoms with van der Waals surface area (Å²) in [7, 11) is 0. The van der Waals surface area contributed by atoms with Gasteiger partial charge in [-0.2, -0.15) is 0 Å². The molecule has 0 saturated heterocycles. The average Bonchev–Trinajstić information content (AvgIpc) is 2.16. The molecule has 76 valence electrons. The molecule has 3 heteroatoms. The lowest BCUT2D eigenvalue weighted by Crippen LogP contribution is -1.95. The Labute approximate surface area is 87.8 Å². The molecule has 15 heavy (non-hydrogen) atoms. The van der Waals surface area contributed by atoms with Crippen molar-refractivity contribution in [1.82, 2.24) is 9.97 Å². The van der Waals surface area contributed by atoms with Gasteiger partial charge in [0.05, 0.1) is 5.69 Å². The van der Waals surface area contributed by atoms with E-state index in [0.29, 0.717) is 17.1 Å². The van der Waals surface area contributed by atoms with Gasteiger partial charge in [0.25, 0.3) is 0 Å². The summed E-state index contributed by atoms with van der Waals surface area (Å²) in [6, 6.07) is 8.40. The van der Waals surface area contributed by atoms with E-state index in [0.717, 1.165) is 5.69 Å². The monoisotopic (exact) mass is 202 g/mol. The number of nitrogens with zero attached hydrogens (tertiary/aromatic N) is 2. The molecule has 0 N–H and O–H groups in total. The van der Waals surface area contributed by atoms with E-state index in [1.165, 1.54) is 6.07 Å². The molecule has 0 amide bonds. The maximum atomic E-state index is 13.5. The Balaban J connectivity index is 2.59. The van der Waals surface area contributed by atoms with Crippen LogP contribution in [0.3, 0.4) is 0 Å². The summed E-state index contributed by atoms with van der Waals surface area (Å²) in [5, 5.41) is 0. The van der Waals surface area contributed by atoms with E-state index in [1.807, 2.05) is 6.92 Å². The Bertz CT molecular complexity index is 474. The van der Waals surface area contributed by atoms with Crippen LogP contribution in [0.25, 0.3) is 11.3 Å². The van der Waals surface area contributed by atoms with Crippen molar-refractivity contribution in [2.75, 3.05) is 0 Å². The highest BCUT2D eigenvalue weighted by Crippen LogP contribution is 2.20. The maximum absolute atomic E-state index is 13.5. The van der Waals surface area contributed by atoms with E-state index in [4.69, 9.17) is 0 Å². The molecule has 0 bridgehead atoms. The van der Waals surface area contributed by atoms with Gasteiger partial charge >= 0.3 is 0 Å². The number of hydrogen-bond donors (Lipinski definition) is 0. The van der Waals surface area contributed by atoms with E-state index in [-0.39, 0.29) is 5.82 Å². The van der Waals surface area contributed by atoms with Gasteiger partial charge in [0, 0.05) is 11.3 Å². The lowest BCUT2D eigenvalue weighted by molar-refractivity contribution is 0.630. The van der Waals surface area contributed by atoms with Gasteiger partial charge in [-0.3, -0.25) is 0 Å². The lowest BCUT2D eigenvalue weighted by Gasteiger charge is -2.04. The number of halogens is 1. The predicted octanol–water partition coefficient (Wildman–Crippen LogP) is 2.90. The van der Waals surface area contributed by atoms with E-state index in [9.17, 15) is 4.39 Å². The quantitative estimate of drug-likeness (QED) is 0.710. The number of aromatic nitrogens is 2. The van der Waals surface area contributed by atoms with Crippen LogP contribution in [0.4, 0.5) is 4.39 Å². The van der Waals surface area contributed by atoms with Gasteiger partial charge < -0.3 is 0 Å². The lowest BCUT2D eigenvalue weighted by atomic mass is 10.1. The zero-order valence-corrected chi connectivity index (χ0v) is 8.66. The summed E-state index contributed by atoms with van der Waals surface area (Å²) in [5.74, 6) is 0.406.